The molecule has 0 aliphatic rings. The number of hydrogen-bond acceptors (Lipinski definition) is 2. The van der Waals surface area contributed by atoms with Crippen molar-refractivity contribution in [1.82, 2.24) is 4.57 Å². The number of benzene rings is 1. The maximum absolute atomic E-state index is 12.6. The van der Waals surface area contributed by atoms with E-state index in [1.54, 1.807) is 0 Å². The van der Waals surface area contributed by atoms with Crippen molar-refractivity contribution in [3.05, 3.63) is 36.0 Å². The lowest BCUT2D eigenvalue weighted by Crippen LogP contribution is -2.01. The van der Waals surface area contributed by atoms with Crippen LogP contribution in [0.3, 0.4) is 0 Å². The Bertz CT molecular complexity index is 687. The third-order valence-electron chi connectivity index (χ3n) is 4.39. The predicted molar refractivity (Wildman–Crippen MR) is 96.5 cm³/mol. The summed E-state index contributed by atoms with van der Waals surface area (Å²) in [5.41, 5.74) is 1.79. The second-order valence-electron chi connectivity index (χ2n) is 6.34. The molecule has 0 fully saturated rings. The normalized spacial score (nSPS) is 11.0. The Hall–Kier alpha value is -2.10. The number of aromatic nitrogens is 1. The van der Waals surface area contributed by atoms with Crippen LogP contribution >= 0.6 is 0 Å². The van der Waals surface area contributed by atoms with Gasteiger partial charge in [0.25, 0.3) is 0 Å². The zero-order valence-electron chi connectivity index (χ0n) is 14.5. The molecule has 24 heavy (non-hydrogen) atoms. The smallest absolute Gasteiger partial charge is 0.303 e. The summed E-state index contributed by atoms with van der Waals surface area (Å²) in [4.78, 5) is 23.3. The van der Waals surface area contributed by atoms with E-state index in [4.69, 9.17) is 5.11 Å². The number of ketones is 1. The van der Waals surface area contributed by atoms with Crippen LogP contribution in [0.1, 0.15) is 68.6 Å². The first-order valence-corrected chi connectivity index (χ1v) is 8.96. The third-order valence-corrected chi connectivity index (χ3v) is 4.39. The number of carbonyl (C=O) groups excluding carboxylic acids is 1. The van der Waals surface area contributed by atoms with Gasteiger partial charge in [-0.1, -0.05) is 50.8 Å². The number of Topliss-reactive ketones (excluding diaryl/α,β-unsaturated/α-hetero) is 1. The van der Waals surface area contributed by atoms with Crippen LogP contribution in [0.5, 0.6) is 0 Å². The van der Waals surface area contributed by atoms with Gasteiger partial charge >= 0.3 is 5.97 Å². The quantitative estimate of drug-likeness (QED) is 0.463. The van der Waals surface area contributed by atoms with Crippen LogP contribution in [-0.2, 0) is 11.3 Å². The molecule has 0 bridgehead atoms. The number of unbranched alkanes of at least 4 members (excludes halogenated alkanes) is 4. The lowest BCUT2D eigenvalue weighted by Gasteiger charge is -2.03. The molecule has 4 nitrogen and oxygen atoms in total. The highest BCUT2D eigenvalue weighted by Gasteiger charge is 2.14. The number of para-hydroxylation sites is 1. The standard InChI is InChI=1S/C20H27NO3/c1-2-3-4-5-6-12-19(22)17-15-21(14-9-13-20(23)24)18-11-8-7-10-16(17)18/h7-8,10-11,15H,2-6,9,12-14H2,1H3,(H,23,24). The number of carboxylic acid groups (broad SMARTS) is 1. The van der Waals surface area contributed by atoms with Crippen LogP contribution in [0.2, 0.25) is 0 Å². The lowest BCUT2D eigenvalue weighted by molar-refractivity contribution is -0.137. The summed E-state index contributed by atoms with van der Waals surface area (Å²) in [7, 11) is 0. The lowest BCUT2D eigenvalue weighted by atomic mass is 10.0. The number of hydrogen-bond donors (Lipinski definition) is 1. The van der Waals surface area contributed by atoms with Crippen LogP contribution < -0.4 is 0 Å². The molecular weight excluding hydrogens is 302 g/mol. The van der Waals surface area contributed by atoms with Gasteiger partial charge in [-0.2, -0.15) is 0 Å². The van der Waals surface area contributed by atoms with Gasteiger partial charge in [-0.25, -0.2) is 0 Å². The number of rotatable bonds is 11. The van der Waals surface area contributed by atoms with E-state index in [9.17, 15) is 9.59 Å². The number of nitrogens with zero attached hydrogens (tertiary/aromatic N) is 1. The molecule has 0 amide bonds. The molecule has 1 N–H and O–H groups in total. The van der Waals surface area contributed by atoms with Gasteiger partial charge in [-0.3, -0.25) is 9.59 Å². The molecule has 0 aliphatic heterocycles. The Morgan fingerprint density at radius 2 is 1.75 bits per heavy atom. The minimum absolute atomic E-state index is 0.146. The van der Waals surface area contributed by atoms with Crippen LogP contribution in [0.15, 0.2) is 30.5 Å². The fraction of sp³-hybridized carbons (Fsp3) is 0.500. The molecule has 0 spiro atoms. The molecular formula is C20H27NO3. The third kappa shape index (κ3) is 4.95. The van der Waals surface area contributed by atoms with Crippen molar-refractivity contribution >= 4 is 22.7 Å². The van der Waals surface area contributed by atoms with Gasteiger partial charge in [0.05, 0.1) is 0 Å². The fourth-order valence-corrected chi connectivity index (χ4v) is 3.08. The molecule has 1 heterocycles. The van der Waals surface area contributed by atoms with Crippen molar-refractivity contribution in [2.45, 2.75) is 64.8 Å². The molecule has 0 saturated heterocycles. The molecule has 0 unspecified atom stereocenters. The summed E-state index contributed by atoms with van der Waals surface area (Å²) in [5.74, 6) is -0.588. The number of carboxylic acids is 1. The van der Waals surface area contributed by atoms with E-state index in [-0.39, 0.29) is 12.2 Å². The second-order valence-corrected chi connectivity index (χ2v) is 6.34. The van der Waals surface area contributed by atoms with E-state index in [0.717, 1.165) is 29.3 Å². The molecule has 130 valence electrons. The molecule has 0 atom stereocenters. The van der Waals surface area contributed by atoms with E-state index in [1.807, 2.05) is 35.0 Å². The minimum atomic E-state index is -0.783. The van der Waals surface area contributed by atoms with Gasteiger partial charge in [0.2, 0.25) is 0 Å². The summed E-state index contributed by atoms with van der Waals surface area (Å²) in [6, 6.07) is 7.87. The van der Waals surface area contributed by atoms with Crippen LogP contribution in [-0.4, -0.2) is 21.4 Å². The minimum Gasteiger partial charge on any atom is -0.481 e. The average Bonchev–Trinajstić information content (AvgIpc) is 2.93. The maximum Gasteiger partial charge on any atom is 0.303 e. The van der Waals surface area contributed by atoms with Gasteiger partial charge in [0.1, 0.15) is 0 Å². The zero-order valence-corrected chi connectivity index (χ0v) is 14.5. The van der Waals surface area contributed by atoms with E-state index >= 15 is 0 Å². The number of carbonyl (C=O) groups is 2. The van der Waals surface area contributed by atoms with Crippen molar-refractivity contribution in [1.29, 1.82) is 0 Å². The topological polar surface area (TPSA) is 59.3 Å². The summed E-state index contributed by atoms with van der Waals surface area (Å²) in [6.07, 6.45) is 8.89. The molecule has 1 aromatic heterocycles. The fourth-order valence-electron chi connectivity index (χ4n) is 3.08. The molecule has 1 aromatic carbocycles. The van der Waals surface area contributed by atoms with Crippen molar-refractivity contribution in [3.8, 4) is 0 Å². The van der Waals surface area contributed by atoms with Crippen molar-refractivity contribution in [2.75, 3.05) is 0 Å². The van der Waals surface area contributed by atoms with Crippen LogP contribution in [0.4, 0.5) is 0 Å². The highest BCUT2D eigenvalue weighted by molar-refractivity contribution is 6.08. The largest absolute Gasteiger partial charge is 0.481 e. The highest BCUT2D eigenvalue weighted by atomic mass is 16.4. The van der Waals surface area contributed by atoms with Gasteiger partial charge < -0.3 is 9.67 Å². The van der Waals surface area contributed by atoms with Crippen molar-refractivity contribution in [3.63, 3.8) is 0 Å². The van der Waals surface area contributed by atoms with Gasteiger partial charge in [-0.05, 0) is 18.9 Å². The molecule has 0 saturated carbocycles. The van der Waals surface area contributed by atoms with E-state index in [2.05, 4.69) is 6.92 Å². The first kappa shape index (κ1) is 18.2. The Kier molecular flexibility index (Phi) is 7.04. The molecule has 2 aromatic rings. The van der Waals surface area contributed by atoms with Crippen molar-refractivity contribution < 1.29 is 14.7 Å². The average molecular weight is 329 g/mol. The Balaban J connectivity index is 2.06. The number of aryl methyl sites for hydroxylation is 1. The Morgan fingerprint density at radius 3 is 2.50 bits per heavy atom. The van der Waals surface area contributed by atoms with Crippen LogP contribution in [0, 0.1) is 0 Å². The summed E-state index contributed by atoms with van der Waals surface area (Å²) < 4.78 is 2.02. The molecule has 2 rings (SSSR count). The highest BCUT2D eigenvalue weighted by Crippen LogP contribution is 2.24. The van der Waals surface area contributed by atoms with Crippen LogP contribution in [0.25, 0.3) is 10.9 Å². The predicted octanol–water partition coefficient (Wildman–Crippen LogP) is 5.05. The monoisotopic (exact) mass is 329 g/mol. The molecule has 0 aliphatic carbocycles. The summed E-state index contributed by atoms with van der Waals surface area (Å²) >= 11 is 0. The first-order chi connectivity index (χ1) is 11.6. The molecule has 0 radical (unpaired) electrons. The van der Waals surface area contributed by atoms with Gasteiger partial charge in [0.15, 0.2) is 5.78 Å². The second kappa shape index (κ2) is 9.26. The Labute approximate surface area is 143 Å². The molecule has 4 heteroatoms. The van der Waals surface area contributed by atoms with E-state index in [1.165, 1.54) is 19.3 Å². The summed E-state index contributed by atoms with van der Waals surface area (Å²) in [5, 5.41) is 9.77. The maximum atomic E-state index is 12.6. The Morgan fingerprint density at radius 1 is 1.00 bits per heavy atom. The SMILES string of the molecule is CCCCCCCC(=O)c1cn(CCCC(=O)O)c2ccccc12. The summed E-state index contributed by atoms with van der Waals surface area (Å²) in [6.45, 7) is 2.81. The first-order valence-electron chi connectivity index (χ1n) is 8.96. The van der Waals surface area contributed by atoms with E-state index < -0.39 is 5.97 Å². The van der Waals surface area contributed by atoms with Crippen molar-refractivity contribution in [2.24, 2.45) is 0 Å². The van der Waals surface area contributed by atoms with E-state index in [0.29, 0.717) is 19.4 Å². The number of fused-ring (bicyclic) bond motifs is 1. The van der Waals surface area contributed by atoms with Gasteiger partial charge in [0, 0.05) is 42.0 Å². The zero-order chi connectivity index (χ0) is 17.4. The number of aliphatic carboxylic acids is 1. The van der Waals surface area contributed by atoms with Gasteiger partial charge in [-0.15, -0.1) is 0 Å².